The predicted octanol–water partition coefficient (Wildman–Crippen LogP) is 8.48. The summed E-state index contributed by atoms with van der Waals surface area (Å²) in [5, 5.41) is 8.65. The van der Waals surface area contributed by atoms with Gasteiger partial charge in [-0.3, -0.25) is 14.4 Å². The van der Waals surface area contributed by atoms with Crippen LogP contribution in [0.5, 0.6) is 0 Å². The van der Waals surface area contributed by atoms with E-state index in [1.807, 2.05) is 6.92 Å². The number of thioether (sulfide) groups is 1. The van der Waals surface area contributed by atoms with Gasteiger partial charge < -0.3 is 20.7 Å². The van der Waals surface area contributed by atoms with E-state index in [2.05, 4.69) is 16.0 Å². The molecule has 0 heterocycles. The summed E-state index contributed by atoms with van der Waals surface area (Å²) in [5.74, 6) is -1.63. The van der Waals surface area contributed by atoms with Crippen molar-refractivity contribution in [2.45, 2.75) is 36.8 Å². The Labute approximate surface area is 287 Å². The first-order chi connectivity index (χ1) is 22.6. The number of hydrogen-bond acceptors (Lipinski definition) is 6. The topological polar surface area (TPSA) is 114 Å². The van der Waals surface area contributed by atoms with Gasteiger partial charge in [0.2, 0.25) is 5.91 Å². The lowest BCUT2D eigenvalue weighted by molar-refractivity contribution is -0.115. The average Bonchev–Trinajstić information content (AvgIpc) is 3.07. The van der Waals surface area contributed by atoms with Crippen LogP contribution in [0.4, 0.5) is 11.4 Å². The van der Waals surface area contributed by atoms with Crippen LogP contribution in [-0.4, -0.2) is 35.5 Å². The molecule has 47 heavy (non-hydrogen) atoms. The first-order valence-electron chi connectivity index (χ1n) is 14.8. The molecule has 3 N–H and O–H groups in total. The number of nitrogens with one attached hydrogen (secondary N) is 3. The summed E-state index contributed by atoms with van der Waals surface area (Å²) in [6, 6.07) is 26.9. The molecule has 11 heteroatoms. The van der Waals surface area contributed by atoms with Crippen molar-refractivity contribution < 1.29 is 23.9 Å². The van der Waals surface area contributed by atoms with E-state index in [0.29, 0.717) is 44.7 Å². The Morgan fingerprint density at radius 2 is 1.49 bits per heavy atom. The third-order valence-electron chi connectivity index (χ3n) is 6.70. The van der Waals surface area contributed by atoms with E-state index in [-0.39, 0.29) is 11.6 Å². The molecule has 0 aliphatic heterocycles. The minimum Gasteiger partial charge on any atom is -0.462 e. The molecular weight excluding hydrogens is 657 g/mol. The van der Waals surface area contributed by atoms with E-state index in [0.717, 1.165) is 17.7 Å². The van der Waals surface area contributed by atoms with Gasteiger partial charge in [0.1, 0.15) is 5.70 Å². The van der Waals surface area contributed by atoms with Crippen LogP contribution in [0.15, 0.2) is 108 Å². The number of anilines is 2. The average molecular weight is 691 g/mol. The molecule has 0 aliphatic carbocycles. The zero-order valence-corrected chi connectivity index (χ0v) is 28.0. The third-order valence-corrected chi connectivity index (χ3v) is 8.38. The number of halogens is 2. The Hall–Kier alpha value is -4.57. The highest BCUT2D eigenvalue weighted by Crippen LogP contribution is 2.27. The molecule has 3 amide bonds. The van der Waals surface area contributed by atoms with Gasteiger partial charge in [-0.15, -0.1) is 11.8 Å². The predicted molar refractivity (Wildman–Crippen MR) is 189 cm³/mol. The lowest BCUT2D eigenvalue weighted by atomic mass is 10.1. The van der Waals surface area contributed by atoms with Crippen LogP contribution in [0, 0.1) is 0 Å². The van der Waals surface area contributed by atoms with Gasteiger partial charge in [-0.2, -0.15) is 0 Å². The Kier molecular flexibility index (Phi) is 13.0. The standard InChI is InChI=1S/C36H33Cl2N3O5S/c1-3-4-20-46-36(45)25-11-14-28(15-12-25)39-33(42)23(2)47-30-18-16-29(17-19-30)40-35(44)32(21-26-10-13-27(37)22-31(26)38)41-34(43)24-8-6-5-7-9-24/h5-19,21-23H,3-4,20H2,1-2H3,(H,39,42)(H,40,44)(H,41,43)/b32-21-. The number of amides is 3. The highest BCUT2D eigenvalue weighted by Gasteiger charge is 2.18. The molecule has 0 fully saturated rings. The number of carbonyl (C=O) groups is 4. The van der Waals surface area contributed by atoms with Gasteiger partial charge in [-0.25, -0.2) is 4.79 Å². The van der Waals surface area contributed by atoms with Crippen molar-refractivity contribution in [3.05, 3.63) is 129 Å². The minimum absolute atomic E-state index is 0.0201. The Bertz CT molecular complexity index is 1750. The Morgan fingerprint density at radius 1 is 0.830 bits per heavy atom. The number of benzene rings is 4. The van der Waals surface area contributed by atoms with Gasteiger partial charge in [0, 0.05) is 31.9 Å². The molecule has 1 unspecified atom stereocenters. The zero-order valence-electron chi connectivity index (χ0n) is 25.7. The second-order valence-corrected chi connectivity index (χ2v) is 12.6. The summed E-state index contributed by atoms with van der Waals surface area (Å²) in [5.41, 5.74) is 2.32. The maximum absolute atomic E-state index is 13.4. The number of esters is 1. The van der Waals surface area contributed by atoms with Crippen molar-refractivity contribution in [1.82, 2.24) is 5.32 Å². The van der Waals surface area contributed by atoms with Crippen LogP contribution in [0.25, 0.3) is 6.08 Å². The van der Waals surface area contributed by atoms with E-state index < -0.39 is 23.0 Å². The van der Waals surface area contributed by atoms with Crippen LogP contribution in [0.2, 0.25) is 10.0 Å². The van der Waals surface area contributed by atoms with Crippen LogP contribution < -0.4 is 16.0 Å². The van der Waals surface area contributed by atoms with Crippen molar-refractivity contribution in [3.63, 3.8) is 0 Å². The molecule has 0 bridgehead atoms. The first kappa shape index (κ1) is 35.3. The van der Waals surface area contributed by atoms with Gasteiger partial charge in [-0.1, -0.05) is 60.8 Å². The summed E-state index contributed by atoms with van der Waals surface area (Å²) in [4.78, 5) is 52.0. The molecule has 1 atom stereocenters. The molecule has 0 radical (unpaired) electrons. The van der Waals surface area contributed by atoms with Gasteiger partial charge in [-0.05, 0) is 97.8 Å². The van der Waals surface area contributed by atoms with E-state index in [9.17, 15) is 19.2 Å². The molecule has 0 saturated heterocycles. The number of ether oxygens (including phenoxy) is 1. The van der Waals surface area contributed by atoms with Crippen molar-refractivity contribution in [2.75, 3.05) is 17.2 Å². The summed E-state index contributed by atoms with van der Waals surface area (Å²) in [7, 11) is 0. The normalized spacial score (nSPS) is 11.7. The van der Waals surface area contributed by atoms with Crippen LogP contribution in [0.3, 0.4) is 0 Å². The van der Waals surface area contributed by atoms with Crippen molar-refractivity contribution in [2.24, 2.45) is 0 Å². The molecule has 0 aliphatic rings. The fraction of sp³-hybridized carbons (Fsp3) is 0.167. The molecule has 8 nitrogen and oxygen atoms in total. The second-order valence-electron chi connectivity index (χ2n) is 10.3. The molecule has 4 aromatic carbocycles. The van der Waals surface area contributed by atoms with Crippen LogP contribution >= 0.6 is 35.0 Å². The zero-order chi connectivity index (χ0) is 33.8. The first-order valence-corrected chi connectivity index (χ1v) is 16.5. The van der Waals surface area contributed by atoms with Crippen molar-refractivity contribution >= 4 is 76.1 Å². The smallest absolute Gasteiger partial charge is 0.338 e. The van der Waals surface area contributed by atoms with Crippen molar-refractivity contribution in [1.29, 1.82) is 0 Å². The summed E-state index contributed by atoms with van der Waals surface area (Å²) < 4.78 is 5.22. The molecule has 242 valence electrons. The Morgan fingerprint density at radius 3 is 2.15 bits per heavy atom. The van der Waals surface area contributed by atoms with Crippen LogP contribution in [-0.2, 0) is 14.3 Å². The molecule has 0 aromatic heterocycles. The Balaban J connectivity index is 1.37. The van der Waals surface area contributed by atoms with Crippen LogP contribution in [0.1, 0.15) is 53.0 Å². The second kappa shape index (κ2) is 17.4. The summed E-state index contributed by atoms with van der Waals surface area (Å²) in [6.45, 7) is 4.18. The van der Waals surface area contributed by atoms with E-state index >= 15 is 0 Å². The molecule has 4 aromatic rings. The van der Waals surface area contributed by atoms with Crippen molar-refractivity contribution in [3.8, 4) is 0 Å². The summed E-state index contributed by atoms with van der Waals surface area (Å²) in [6.07, 6.45) is 3.22. The maximum atomic E-state index is 13.4. The molecule has 0 saturated carbocycles. The molecule has 0 spiro atoms. The van der Waals surface area contributed by atoms with Gasteiger partial charge in [0.25, 0.3) is 11.8 Å². The third kappa shape index (κ3) is 10.7. The van der Waals surface area contributed by atoms with E-state index in [4.69, 9.17) is 27.9 Å². The van der Waals surface area contributed by atoms with Gasteiger partial charge in [0.15, 0.2) is 0 Å². The van der Waals surface area contributed by atoms with Gasteiger partial charge in [0.05, 0.1) is 17.4 Å². The highest BCUT2D eigenvalue weighted by molar-refractivity contribution is 8.00. The maximum Gasteiger partial charge on any atom is 0.338 e. The monoisotopic (exact) mass is 689 g/mol. The minimum atomic E-state index is -0.561. The SMILES string of the molecule is CCCCOC(=O)c1ccc(NC(=O)C(C)Sc2ccc(NC(=O)/C(=C/c3ccc(Cl)cc3Cl)NC(=O)c3ccccc3)cc2)cc1. The van der Waals surface area contributed by atoms with E-state index in [1.54, 1.807) is 104 Å². The quantitative estimate of drug-likeness (QED) is 0.0562. The number of rotatable bonds is 13. The largest absolute Gasteiger partial charge is 0.462 e. The lowest BCUT2D eigenvalue weighted by Gasteiger charge is -2.14. The number of carbonyl (C=O) groups excluding carboxylic acids is 4. The van der Waals surface area contributed by atoms with Gasteiger partial charge >= 0.3 is 5.97 Å². The van der Waals surface area contributed by atoms with E-state index in [1.165, 1.54) is 17.8 Å². The number of unbranched alkanes of at least 4 members (excludes halogenated alkanes) is 1. The molecular formula is C36H33Cl2N3O5S. The molecule has 4 rings (SSSR count). The summed E-state index contributed by atoms with van der Waals surface area (Å²) >= 11 is 13.7. The fourth-order valence-electron chi connectivity index (χ4n) is 4.12. The fourth-order valence-corrected chi connectivity index (χ4v) is 5.45. The highest BCUT2D eigenvalue weighted by atomic mass is 35.5. The lowest BCUT2D eigenvalue weighted by Crippen LogP contribution is -2.30. The number of hydrogen-bond donors (Lipinski definition) is 3.